The summed E-state index contributed by atoms with van der Waals surface area (Å²) in [4.78, 5) is 28.2. The highest BCUT2D eigenvalue weighted by Crippen LogP contribution is 2.14. The van der Waals surface area contributed by atoms with Gasteiger partial charge in [0.05, 0.1) is 23.5 Å². The Kier molecular flexibility index (Phi) is 3.48. The van der Waals surface area contributed by atoms with E-state index < -0.39 is 5.56 Å². The third-order valence-electron chi connectivity index (χ3n) is 2.88. The standard InChI is InChI=1S/C13H8Cl2N4O2/c14-9-6-16-19(13(21)12(9)15)7-8-5-11(20)18-4-2-1-3-10(18)17-8/h1-6H,7H2. The summed E-state index contributed by atoms with van der Waals surface area (Å²) in [6.07, 6.45) is 2.90. The molecule has 0 aromatic carbocycles. The molecule has 0 N–H and O–H groups in total. The Balaban J connectivity index is 2.09. The smallest absolute Gasteiger partial charge is 0.269 e. The lowest BCUT2D eigenvalue weighted by molar-refractivity contribution is 0.627. The van der Waals surface area contributed by atoms with E-state index in [1.807, 2.05) is 0 Å². The van der Waals surface area contributed by atoms with Crippen LogP contribution in [0.15, 0.2) is 46.2 Å². The van der Waals surface area contributed by atoms with Gasteiger partial charge in [-0.15, -0.1) is 0 Å². The van der Waals surface area contributed by atoms with Crippen LogP contribution in [0.5, 0.6) is 0 Å². The van der Waals surface area contributed by atoms with Crippen molar-refractivity contribution in [2.75, 3.05) is 0 Å². The van der Waals surface area contributed by atoms with Crippen molar-refractivity contribution in [2.45, 2.75) is 6.54 Å². The molecule has 0 aliphatic rings. The molecule has 0 saturated carbocycles. The van der Waals surface area contributed by atoms with Gasteiger partial charge in [0.1, 0.15) is 10.7 Å². The molecule has 0 unspecified atom stereocenters. The van der Waals surface area contributed by atoms with Gasteiger partial charge in [0, 0.05) is 12.3 Å². The zero-order chi connectivity index (χ0) is 15.0. The van der Waals surface area contributed by atoms with Crippen molar-refractivity contribution < 1.29 is 0 Å². The Hall–Kier alpha value is -2.18. The molecular formula is C13H8Cl2N4O2. The first-order valence-electron chi connectivity index (χ1n) is 5.95. The highest BCUT2D eigenvalue weighted by molar-refractivity contribution is 6.41. The first-order chi connectivity index (χ1) is 10.1. The Labute approximate surface area is 128 Å². The fourth-order valence-corrected chi connectivity index (χ4v) is 2.17. The quantitative estimate of drug-likeness (QED) is 0.718. The van der Waals surface area contributed by atoms with Crippen molar-refractivity contribution in [1.29, 1.82) is 0 Å². The molecule has 0 spiro atoms. The predicted octanol–water partition coefficient (Wildman–Crippen LogP) is 1.61. The summed E-state index contributed by atoms with van der Waals surface area (Å²) in [5, 5.41) is 3.86. The molecule has 0 atom stereocenters. The van der Waals surface area contributed by atoms with Gasteiger partial charge in [-0.1, -0.05) is 29.3 Å². The van der Waals surface area contributed by atoms with E-state index in [0.717, 1.165) is 4.68 Å². The second kappa shape index (κ2) is 5.31. The third-order valence-corrected chi connectivity index (χ3v) is 3.63. The van der Waals surface area contributed by atoms with E-state index in [-0.39, 0.29) is 22.1 Å². The van der Waals surface area contributed by atoms with Crippen LogP contribution in [0.1, 0.15) is 5.69 Å². The van der Waals surface area contributed by atoms with E-state index in [2.05, 4.69) is 10.1 Å². The van der Waals surface area contributed by atoms with Crippen LogP contribution in [0.4, 0.5) is 0 Å². The number of halogens is 2. The fraction of sp³-hybridized carbons (Fsp3) is 0.0769. The maximum Gasteiger partial charge on any atom is 0.287 e. The molecule has 0 amide bonds. The maximum atomic E-state index is 12.0. The summed E-state index contributed by atoms with van der Waals surface area (Å²) >= 11 is 11.5. The number of hydrogen-bond acceptors (Lipinski definition) is 4. The van der Waals surface area contributed by atoms with E-state index in [1.165, 1.54) is 16.7 Å². The Morgan fingerprint density at radius 1 is 1.19 bits per heavy atom. The molecule has 0 saturated heterocycles. The van der Waals surface area contributed by atoms with Gasteiger partial charge < -0.3 is 0 Å². The fourth-order valence-electron chi connectivity index (χ4n) is 1.90. The lowest BCUT2D eigenvalue weighted by Gasteiger charge is -2.06. The minimum atomic E-state index is -0.528. The molecule has 3 rings (SSSR count). The first kappa shape index (κ1) is 13.8. The largest absolute Gasteiger partial charge is 0.287 e. The Bertz CT molecular complexity index is 949. The van der Waals surface area contributed by atoms with Gasteiger partial charge >= 0.3 is 0 Å². The van der Waals surface area contributed by atoms with E-state index in [9.17, 15) is 9.59 Å². The molecule has 21 heavy (non-hydrogen) atoms. The summed E-state index contributed by atoms with van der Waals surface area (Å²) in [5.74, 6) is 0. The molecule has 0 radical (unpaired) electrons. The monoisotopic (exact) mass is 322 g/mol. The van der Waals surface area contributed by atoms with E-state index >= 15 is 0 Å². The van der Waals surface area contributed by atoms with Crippen LogP contribution in [-0.4, -0.2) is 19.2 Å². The second-order valence-electron chi connectivity index (χ2n) is 4.28. The van der Waals surface area contributed by atoms with Crippen LogP contribution in [-0.2, 0) is 6.54 Å². The first-order valence-corrected chi connectivity index (χ1v) is 6.70. The van der Waals surface area contributed by atoms with Crippen molar-refractivity contribution in [3.8, 4) is 0 Å². The SMILES string of the molecule is O=c1c(Cl)c(Cl)cnn1Cc1cc(=O)n2ccccc2n1. The van der Waals surface area contributed by atoms with Gasteiger partial charge in [-0.05, 0) is 12.1 Å². The molecule has 8 heteroatoms. The van der Waals surface area contributed by atoms with Gasteiger partial charge in [0.25, 0.3) is 11.1 Å². The van der Waals surface area contributed by atoms with E-state index in [4.69, 9.17) is 23.2 Å². The minimum Gasteiger partial charge on any atom is -0.269 e. The minimum absolute atomic E-state index is 0.0381. The lowest BCUT2D eigenvalue weighted by atomic mass is 10.3. The van der Waals surface area contributed by atoms with E-state index in [1.54, 1.807) is 24.4 Å². The molecule has 6 nitrogen and oxygen atoms in total. The average molecular weight is 323 g/mol. The normalized spacial score (nSPS) is 11.0. The number of hydrogen-bond donors (Lipinski definition) is 0. The summed E-state index contributed by atoms with van der Waals surface area (Å²) in [6.45, 7) is 0.0381. The molecule has 3 heterocycles. The van der Waals surface area contributed by atoms with Crippen LogP contribution in [0.2, 0.25) is 10.0 Å². The number of fused-ring (bicyclic) bond motifs is 1. The maximum absolute atomic E-state index is 12.0. The summed E-state index contributed by atoms with van der Waals surface area (Å²) in [5.41, 5.74) is 0.148. The number of pyridine rings is 1. The van der Waals surface area contributed by atoms with E-state index in [0.29, 0.717) is 11.3 Å². The average Bonchev–Trinajstić information content (AvgIpc) is 2.48. The van der Waals surface area contributed by atoms with Crippen molar-refractivity contribution in [2.24, 2.45) is 0 Å². The molecule has 0 fully saturated rings. The van der Waals surface area contributed by atoms with Gasteiger partial charge in [-0.25, -0.2) is 9.67 Å². The topological polar surface area (TPSA) is 69.3 Å². The number of nitrogens with zero attached hydrogens (tertiary/aromatic N) is 4. The zero-order valence-corrected chi connectivity index (χ0v) is 12.0. The van der Waals surface area contributed by atoms with Gasteiger partial charge in [0.15, 0.2) is 0 Å². The van der Waals surface area contributed by atoms with Crippen LogP contribution in [0.25, 0.3) is 5.65 Å². The van der Waals surface area contributed by atoms with Crippen molar-refractivity contribution in [3.05, 3.63) is 73.1 Å². The van der Waals surface area contributed by atoms with Crippen LogP contribution in [0.3, 0.4) is 0 Å². The molecule has 0 aliphatic heterocycles. The lowest BCUT2D eigenvalue weighted by Crippen LogP contribution is -2.25. The van der Waals surface area contributed by atoms with Crippen molar-refractivity contribution >= 4 is 28.8 Å². The molecule has 3 aromatic rings. The number of rotatable bonds is 2. The van der Waals surface area contributed by atoms with Crippen molar-refractivity contribution in [3.63, 3.8) is 0 Å². The summed E-state index contributed by atoms with van der Waals surface area (Å²) < 4.78 is 2.52. The van der Waals surface area contributed by atoms with Gasteiger partial charge in [0.2, 0.25) is 0 Å². The summed E-state index contributed by atoms with van der Waals surface area (Å²) in [6, 6.07) is 6.56. The van der Waals surface area contributed by atoms with Crippen molar-refractivity contribution in [1.82, 2.24) is 19.2 Å². The highest BCUT2D eigenvalue weighted by atomic mass is 35.5. The Morgan fingerprint density at radius 3 is 2.81 bits per heavy atom. The molecular weight excluding hydrogens is 315 g/mol. The molecule has 0 bridgehead atoms. The molecule has 0 aliphatic carbocycles. The van der Waals surface area contributed by atoms with Crippen LogP contribution < -0.4 is 11.1 Å². The highest BCUT2D eigenvalue weighted by Gasteiger charge is 2.09. The zero-order valence-electron chi connectivity index (χ0n) is 10.5. The second-order valence-corrected chi connectivity index (χ2v) is 5.07. The van der Waals surface area contributed by atoms with Crippen LogP contribution >= 0.6 is 23.2 Å². The Morgan fingerprint density at radius 2 is 2.00 bits per heavy atom. The van der Waals surface area contributed by atoms with Gasteiger partial charge in [-0.3, -0.25) is 14.0 Å². The summed E-state index contributed by atoms with van der Waals surface area (Å²) in [7, 11) is 0. The molecule has 3 aromatic heterocycles. The predicted molar refractivity (Wildman–Crippen MR) is 79.1 cm³/mol. The third kappa shape index (κ3) is 2.55. The number of aromatic nitrogens is 4. The van der Waals surface area contributed by atoms with Crippen LogP contribution in [0, 0.1) is 0 Å². The van der Waals surface area contributed by atoms with Gasteiger partial charge in [-0.2, -0.15) is 5.10 Å². The molecule has 106 valence electrons.